The lowest BCUT2D eigenvalue weighted by atomic mass is 10.1. The molecule has 2 aromatic heterocycles. The molecule has 2 heterocycles. The van der Waals surface area contributed by atoms with Gasteiger partial charge in [0.1, 0.15) is 0 Å². The second kappa shape index (κ2) is 9.07. The molecule has 0 saturated carbocycles. The fourth-order valence-electron chi connectivity index (χ4n) is 2.85. The number of para-hydroxylation sites is 2. The van der Waals surface area contributed by atoms with Crippen molar-refractivity contribution in [3.05, 3.63) is 41.2 Å². The lowest BCUT2D eigenvalue weighted by molar-refractivity contribution is -0.129. The van der Waals surface area contributed by atoms with Gasteiger partial charge in [0, 0.05) is 17.0 Å². The highest BCUT2D eigenvalue weighted by Crippen LogP contribution is 2.26. The molecule has 0 bridgehead atoms. The molecule has 0 unspecified atom stereocenters. The van der Waals surface area contributed by atoms with Crippen LogP contribution < -0.4 is 26.1 Å². The van der Waals surface area contributed by atoms with Gasteiger partial charge in [-0.05, 0) is 32.9 Å². The van der Waals surface area contributed by atoms with Gasteiger partial charge in [0.15, 0.2) is 18.1 Å². The molecule has 3 rings (SSSR count). The molecule has 0 saturated heterocycles. The predicted molar refractivity (Wildman–Crippen MR) is 108 cm³/mol. The summed E-state index contributed by atoms with van der Waals surface area (Å²) in [5, 5.41) is 4.06. The number of nitrogens with two attached hydrogens (primary N) is 1. The molecule has 4 N–H and O–H groups in total. The molecule has 3 aromatic rings. The van der Waals surface area contributed by atoms with E-state index in [1.807, 2.05) is 13.0 Å². The summed E-state index contributed by atoms with van der Waals surface area (Å²) in [5.41, 5.74) is 12.3. The van der Waals surface area contributed by atoms with E-state index in [1.165, 1.54) is 4.52 Å². The molecular formula is C19H23N7O4. The van der Waals surface area contributed by atoms with Gasteiger partial charge in [-0.25, -0.2) is 4.98 Å². The SMILES string of the molecule is CCOc1ccccc1OCC(=O)NNC(=O)Cc1c(C)nc2nc(N)nn2c1C. The number of nitrogens with zero attached hydrogens (tertiary/aromatic N) is 4. The number of fused-ring (bicyclic) bond motifs is 1. The van der Waals surface area contributed by atoms with Gasteiger partial charge < -0.3 is 15.2 Å². The number of carbonyl (C=O) groups is 2. The summed E-state index contributed by atoms with van der Waals surface area (Å²) in [5.74, 6) is 0.520. The molecular weight excluding hydrogens is 390 g/mol. The maximum atomic E-state index is 12.3. The van der Waals surface area contributed by atoms with Crippen molar-refractivity contribution >= 4 is 23.5 Å². The highest BCUT2D eigenvalue weighted by molar-refractivity contribution is 5.84. The summed E-state index contributed by atoms with van der Waals surface area (Å²) < 4.78 is 12.4. The number of amides is 2. The second-order valence-electron chi connectivity index (χ2n) is 6.38. The minimum Gasteiger partial charge on any atom is -0.490 e. The van der Waals surface area contributed by atoms with E-state index in [0.717, 1.165) is 0 Å². The van der Waals surface area contributed by atoms with Crippen LogP contribution in [0.3, 0.4) is 0 Å². The van der Waals surface area contributed by atoms with Crippen LogP contribution in [0.15, 0.2) is 24.3 Å². The third kappa shape index (κ3) is 4.74. The number of hydrogen-bond donors (Lipinski definition) is 3. The number of nitrogens with one attached hydrogen (secondary N) is 2. The zero-order valence-corrected chi connectivity index (χ0v) is 16.9. The van der Waals surface area contributed by atoms with Crippen molar-refractivity contribution in [2.75, 3.05) is 18.9 Å². The number of nitrogen functional groups attached to an aromatic ring is 1. The van der Waals surface area contributed by atoms with Gasteiger partial charge in [0.05, 0.1) is 13.0 Å². The third-order valence-corrected chi connectivity index (χ3v) is 4.25. The van der Waals surface area contributed by atoms with Crippen LogP contribution in [0.2, 0.25) is 0 Å². The highest BCUT2D eigenvalue weighted by atomic mass is 16.5. The van der Waals surface area contributed by atoms with Crippen LogP contribution in [0.5, 0.6) is 11.5 Å². The first-order valence-electron chi connectivity index (χ1n) is 9.29. The number of hydrazine groups is 1. The van der Waals surface area contributed by atoms with Crippen molar-refractivity contribution in [3.63, 3.8) is 0 Å². The zero-order valence-electron chi connectivity index (χ0n) is 16.9. The summed E-state index contributed by atoms with van der Waals surface area (Å²) in [7, 11) is 0. The molecule has 0 aliphatic carbocycles. The topological polar surface area (TPSA) is 146 Å². The number of rotatable bonds is 7. The average molecular weight is 413 g/mol. The standard InChI is InChI=1S/C19H23N7O4/c1-4-29-14-7-5-6-8-15(14)30-10-17(28)24-23-16(27)9-13-11(2)21-19-22-18(20)25-26(19)12(13)3/h5-8H,4,9-10H2,1-3H3,(H2,20,25)(H,23,27)(H,24,28). The molecule has 11 heteroatoms. The lowest BCUT2D eigenvalue weighted by Crippen LogP contribution is -2.44. The van der Waals surface area contributed by atoms with Crippen molar-refractivity contribution in [1.29, 1.82) is 0 Å². The Kier molecular flexibility index (Phi) is 6.30. The summed E-state index contributed by atoms with van der Waals surface area (Å²) in [6.45, 7) is 5.61. The van der Waals surface area contributed by atoms with E-state index in [1.54, 1.807) is 32.0 Å². The van der Waals surface area contributed by atoms with Crippen LogP contribution >= 0.6 is 0 Å². The van der Waals surface area contributed by atoms with Crippen molar-refractivity contribution < 1.29 is 19.1 Å². The largest absolute Gasteiger partial charge is 0.490 e. The van der Waals surface area contributed by atoms with Crippen molar-refractivity contribution in [3.8, 4) is 11.5 Å². The maximum absolute atomic E-state index is 12.3. The van der Waals surface area contributed by atoms with E-state index in [4.69, 9.17) is 15.2 Å². The van der Waals surface area contributed by atoms with Crippen LogP contribution in [-0.4, -0.2) is 44.6 Å². The number of ether oxygens (including phenoxy) is 2. The number of anilines is 1. The molecule has 158 valence electrons. The summed E-state index contributed by atoms with van der Waals surface area (Å²) >= 11 is 0. The van der Waals surface area contributed by atoms with Gasteiger partial charge in [0.2, 0.25) is 11.9 Å². The van der Waals surface area contributed by atoms with Gasteiger partial charge in [0.25, 0.3) is 11.7 Å². The summed E-state index contributed by atoms with van der Waals surface area (Å²) in [6, 6.07) is 7.02. The number of aryl methyl sites for hydroxylation is 2. The van der Waals surface area contributed by atoms with E-state index in [2.05, 4.69) is 25.9 Å². The van der Waals surface area contributed by atoms with Crippen LogP contribution in [0.25, 0.3) is 5.78 Å². The first-order chi connectivity index (χ1) is 14.4. The number of hydrogen-bond acceptors (Lipinski definition) is 8. The van der Waals surface area contributed by atoms with Crippen molar-refractivity contribution in [2.45, 2.75) is 27.2 Å². The fraction of sp³-hybridized carbons (Fsp3) is 0.316. The smallest absolute Gasteiger partial charge is 0.276 e. The Balaban J connectivity index is 1.55. The van der Waals surface area contributed by atoms with E-state index in [-0.39, 0.29) is 19.0 Å². The van der Waals surface area contributed by atoms with E-state index >= 15 is 0 Å². The van der Waals surface area contributed by atoms with Crippen LogP contribution in [0.4, 0.5) is 5.95 Å². The van der Waals surface area contributed by atoms with Crippen LogP contribution in [0, 0.1) is 13.8 Å². The van der Waals surface area contributed by atoms with Gasteiger partial charge in [-0.3, -0.25) is 20.4 Å². The summed E-state index contributed by atoms with van der Waals surface area (Å²) in [4.78, 5) is 32.6. The molecule has 0 spiro atoms. The lowest BCUT2D eigenvalue weighted by Gasteiger charge is -2.13. The minimum atomic E-state index is -0.513. The van der Waals surface area contributed by atoms with E-state index < -0.39 is 11.8 Å². The Morgan fingerprint density at radius 3 is 2.43 bits per heavy atom. The Hall–Kier alpha value is -3.89. The van der Waals surface area contributed by atoms with Crippen molar-refractivity contribution in [2.24, 2.45) is 0 Å². The van der Waals surface area contributed by atoms with E-state index in [0.29, 0.717) is 40.8 Å². The molecule has 11 nitrogen and oxygen atoms in total. The van der Waals surface area contributed by atoms with Gasteiger partial charge in [-0.15, -0.1) is 5.10 Å². The monoisotopic (exact) mass is 413 g/mol. The van der Waals surface area contributed by atoms with Crippen molar-refractivity contribution in [1.82, 2.24) is 30.4 Å². The van der Waals surface area contributed by atoms with Crippen LogP contribution in [0.1, 0.15) is 23.9 Å². The van der Waals surface area contributed by atoms with Crippen LogP contribution in [-0.2, 0) is 16.0 Å². The Morgan fingerprint density at radius 1 is 1.07 bits per heavy atom. The first kappa shape index (κ1) is 20.8. The molecule has 0 fully saturated rings. The highest BCUT2D eigenvalue weighted by Gasteiger charge is 2.16. The first-order valence-corrected chi connectivity index (χ1v) is 9.29. The number of benzene rings is 1. The number of carbonyl (C=O) groups excluding carboxylic acids is 2. The molecule has 30 heavy (non-hydrogen) atoms. The second-order valence-corrected chi connectivity index (χ2v) is 6.38. The average Bonchev–Trinajstić information content (AvgIpc) is 3.09. The zero-order chi connectivity index (χ0) is 21.7. The maximum Gasteiger partial charge on any atom is 0.276 e. The van der Waals surface area contributed by atoms with Gasteiger partial charge in [-0.1, -0.05) is 12.1 Å². The predicted octanol–water partition coefficient (Wildman–Crippen LogP) is 0.491. The molecule has 0 aliphatic rings. The Labute approximate surface area is 172 Å². The minimum absolute atomic E-state index is 0.00528. The molecule has 1 aromatic carbocycles. The molecule has 0 radical (unpaired) electrons. The molecule has 0 atom stereocenters. The molecule has 0 aliphatic heterocycles. The van der Waals surface area contributed by atoms with Gasteiger partial charge in [-0.2, -0.15) is 9.50 Å². The molecule has 2 amide bonds. The summed E-state index contributed by atoms with van der Waals surface area (Å²) in [6.07, 6.45) is -0.00528. The quantitative estimate of drug-likeness (QED) is 0.475. The number of aromatic nitrogens is 4. The fourth-order valence-corrected chi connectivity index (χ4v) is 2.85. The van der Waals surface area contributed by atoms with Gasteiger partial charge >= 0.3 is 0 Å². The Bertz CT molecular complexity index is 1080. The normalized spacial score (nSPS) is 10.6. The Morgan fingerprint density at radius 2 is 1.73 bits per heavy atom. The third-order valence-electron chi connectivity index (χ3n) is 4.25. The van der Waals surface area contributed by atoms with E-state index in [9.17, 15) is 9.59 Å².